The van der Waals surface area contributed by atoms with Crippen molar-refractivity contribution in [1.82, 2.24) is 14.9 Å². The number of nitrogens with one attached hydrogen (secondary N) is 2. The van der Waals surface area contributed by atoms with Crippen LogP contribution in [0.4, 0.5) is 0 Å². The molecule has 0 saturated carbocycles. The normalized spacial score (nSPS) is 16.2. The van der Waals surface area contributed by atoms with Gasteiger partial charge >= 0.3 is 0 Å². The fourth-order valence-electron chi connectivity index (χ4n) is 2.09. The Kier molecular flexibility index (Phi) is 6.17. The lowest BCUT2D eigenvalue weighted by molar-refractivity contribution is -0.122. The first kappa shape index (κ1) is 16.7. The summed E-state index contributed by atoms with van der Waals surface area (Å²) in [6, 6.07) is 8.98. The summed E-state index contributed by atoms with van der Waals surface area (Å²) < 4.78 is 30.9. The van der Waals surface area contributed by atoms with Crippen molar-refractivity contribution in [2.75, 3.05) is 45.1 Å². The number of ether oxygens (including phenoxy) is 1. The molecule has 1 saturated heterocycles. The highest BCUT2D eigenvalue weighted by Gasteiger charge is 2.23. The van der Waals surface area contributed by atoms with E-state index in [9.17, 15) is 13.2 Å². The molecule has 1 heterocycles. The van der Waals surface area contributed by atoms with E-state index in [1.807, 2.05) is 18.2 Å². The van der Waals surface area contributed by atoms with Gasteiger partial charge in [-0.15, -0.1) is 0 Å². The van der Waals surface area contributed by atoms with Crippen LogP contribution in [0, 0.1) is 0 Å². The van der Waals surface area contributed by atoms with Crippen molar-refractivity contribution in [3.63, 3.8) is 0 Å². The molecule has 0 bridgehead atoms. The molecule has 0 aliphatic carbocycles. The molecule has 0 radical (unpaired) electrons. The zero-order valence-electron chi connectivity index (χ0n) is 12.3. The second-order valence-electron chi connectivity index (χ2n) is 4.92. The standard InChI is InChI=1S/C14H21N3O4S/c18-14(12-21-13-4-2-1-3-5-13)16-8-11-22(19,20)17-9-6-15-7-10-17/h1-5,15H,6-12H2,(H,16,18). The highest BCUT2D eigenvalue weighted by molar-refractivity contribution is 7.89. The largest absolute Gasteiger partial charge is 0.484 e. The summed E-state index contributed by atoms with van der Waals surface area (Å²) in [5.74, 6) is 0.176. The molecule has 122 valence electrons. The van der Waals surface area contributed by atoms with Crippen LogP contribution in [0.3, 0.4) is 0 Å². The summed E-state index contributed by atoms with van der Waals surface area (Å²) in [6.45, 7) is 2.24. The van der Waals surface area contributed by atoms with E-state index >= 15 is 0 Å². The Balaban J connectivity index is 1.68. The Labute approximate surface area is 130 Å². The molecule has 1 fully saturated rings. The molecule has 1 aliphatic rings. The molecule has 1 amide bonds. The summed E-state index contributed by atoms with van der Waals surface area (Å²) in [7, 11) is -3.31. The third kappa shape index (κ3) is 5.28. The van der Waals surface area contributed by atoms with E-state index < -0.39 is 10.0 Å². The summed E-state index contributed by atoms with van der Waals surface area (Å²) in [5.41, 5.74) is 0. The van der Waals surface area contributed by atoms with Gasteiger partial charge in [-0.1, -0.05) is 18.2 Å². The minimum atomic E-state index is -3.31. The molecule has 0 atom stereocenters. The maximum absolute atomic E-state index is 12.1. The van der Waals surface area contributed by atoms with Gasteiger partial charge in [0, 0.05) is 32.7 Å². The fraction of sp³-hybridized carbons (Fsp3) is 0.500. The van der Waals surface area contributed by atoms with Crippen molar-refractivity contribution < 1.29 is 17.9 Å². The van der Waals surface area contributed by atoms with E-state index in [4.69, 9.17) is 4.74 Å². The number of rotatable bonds is 7. The van der Waals surface area contributed by atoms with Crippen LogP contribution in [0.25, 0.3) is 0 Å². The lowest BCUT2D eigenvalue weighted by atomic mass is 10.3. The number of piperazine rings is 1. The van der Waals surface area contributed by atoms with Crippen LogP contribution in [-0.2, 0) is 14.8 Å². The quantitative estimate of drug-likeness (QED) is 0.699. The third-order valence-electron chi connectivity index (χ3n) is 3.26. The molecule has 2 rings (SSSR count). The molecule has 0 unspecified atom stereocenters. The van der Waals surface area contributed by atoms with Gasteiger partial charge in [0.1, 0.15) is 5.75 Å². The molecule has 2 N–H and O–H groups in total. The molecule has 0 aromatic heterocycles. The predicted octanol–water partition coefficient (Wildman–Crippen LogP) is -0.583. The van der Waals surface area contributed by atoms with Gasteiger partial charge in [-0.05, 0) is 12.1 Å². The van der Waals surface area contributed by atoms with Crippen LogP contribution < -0.4 is 15.4 Å². The fourth-order valence-corrected chi connectivity index (χ4v) is 3.44. The number of hydrogen-bond acceptors (Lipinski definition) is 5. The van der Waals surface area contributed by atoms with Crippen molar-refractivity contribution in [1.29, 1.82) is 0 Å². The zero-order valence-corrected chi connectivity index (χ0v) is 13.1. The minimum Gasteiger partial charge on any atom is -0.484 e. The lowest BCUT2D eigenvalue weighted by Gasteiger charge is -2.26. The molecule has 1 aromatic carbocycles. The van der Waals surface area contributed by atoms with E-state index in [0.29, 0.717) is 31.9 Å². The average Bonchev–Trinajstić information content (AvgIpc) is 2.54. The molecule has 8 heteroatoms. The van der Waals surface area contributed by atoms with E-state index in [1.165, 1.54) is 4.31 Å². The Hall–Kier alpha value is -1.64. The van der Waals surface area contributed by atoms with E-state index in [0.717, 1.165) is 0 Å². The number of carbonyl (C=O) groups excluding carboxylic acids is 1. The smallest absolute Gasteiger partial charge is 0.257 e. The SMILES string of the molecule is O=C(COc1ccccc1)NCCS(=O)(=O)N1CCNCC1. The average molecular weight is 327 g/mol. The summed E-state index contributed by atoms with van der Waals surface area (Å²) in [4.78, 5) is 11.6. The molecular formula is C14H21N3O4S. The number of hydrogen-bond donors (Lipinski definition) is 2. The summed E-state index contributed by atoms with van der Waals surface area (Å²) in [6.07, 6.45) is 0. The van der Waals surface area contributed by atoms with Crippen LogP contribution in [0.1, 0.15) is 0 Å². The maximum Gasteiger partial charge on any atom is 0.257 e. The highest BCUT2D eigenvalue weighted by Crippen LogP contribution is 2.07. The first-order valence-corrected chi connectivity index (χ1v) is 8.82. The molecule has 1 aromatic rings. The number of sulfonamides is 1. The number of nitrogens with zero attached hydrogens (tertiary/aromatic N) is 1. The topological polar surface area (TPSA) is 87.7 Å². The van der Waals surface area contributed by atoms with Gasteiger partial charge in [0.05, 0.1) is 5.75 Å². The number of para-hydroxylation sites is 1. The van der Waals surface area contributed by atoms with Gasteiger partial charge in [0.2, 0.25) is 10.0 Å². The van der Waals surface area contributed by atoms with Crippen molar-refractivity contribution in [2.24, 2.45) is 0 Å². The Morgan fingerprint density at radius 2 is 1.91 bits per heavy atom. The minimum absolute atomic E-state index is 0.0866. The van der Waals surface area contributed by atoms with Gasteiger partial charge in [0.25, 0.3) is 5.91 Å². The first-order valence-electron chi connectivity index (χ1n) is 7.21. The third-order valence-corrected chi connectivity index (χ3v) is 5.14. The van der Waals surface area contributed by atoms with Gasteiger partial charge in [-0.25, -0.2) is 8.42 Å². The number of carbonyl (C=O) groups is 1. The van der Waals surface area contributed by atoms with Gasteiger partial charge in [-0.2, -0.15) is 4.31 Å². The Morgan fingerprint density at radius 3 is 2.59 bits per heavy atom. The Morgan fingerprint density at radius 1 is 1.23 bits per heavy atom. The van der Waals surface area contributed by atoms with Gasteiger partial charge in [0.15, 0.2) is 6.61 Å². The summed E-state index contributed by atoms with van der Waals surface area (Å²) in [5, 5.41) is 5.66. The van der Waals surface area contributed by atoms with E-state index in [-0.39, 0.29) is 24.8 Å². The Bertz CT molecular complexity index is 571. The maximum atomic E-state index is 12.1. The van der Waals surface area contributed by atoms with Crippen LogP contribution in [-0.4, -0.2) is 63.7 Å². The zero-order chi connectivity index (χ0) is 15.8. The van der Waals surface area contributed by atoms with Gasteiger partial charge in [-0.3, -0.25) is 4.79 Å². The van der Waals surface area contributed by atoms with Crippen molar-refractivity contribution >= 4 is 15.9 Å². The predicted molar refractivity (Wildman–Crippen MR) is 83.2 cm³/mol. The van der Waals surface area contributed by atoms with Crippen LogP contribution in [0.2, 0.25) is 0 Å². The van der Waals surface area contributed by atoms with Crippen LogP contribution in [0.15, 0.2) is 30.3 Å². The summed E-state index contributed by atoms with van der Waals surface area (Å²) >= 11 is 0. The molecule has 1 aliphatic heterocycles. The molecule has 7 nitrogen and oxygen atoms in total. The van der Waals surface area contributed by atoms with Crippen molar-refractivity contribution in [2.45, 2.75) is 0 Å². The molecule has 0 spiro atoms. The van der Waals surface area contributed by atoms with Crippen LogP contribution >= 0.6 is 0 Å². The lowest BCUT2D eigenvalue weighted by Crippen LogP contribution is -2.48. The number of benzene rings is 1. The monoisotopic (exact) mass is 327 g/mol. The molecular weight excluding hydrogens is 306 g/mol. The highest BCUT2D eigenvalue weighted by atomic mass is 32.2. The molecule has 22 heavy (non-hydrogen) atoms. The second kappa shape index (κ2) is 8.11. The van der Waals surface area contributed by atoms with Gasteiger partial charge < -0.3 is 15.4 Å². The first-order chi connectivity index (χ1) is 10.6. The van der Waals surface area contributed by atoms with E-state index in [1.54, 1.807) is 12.1 Å². The van der Waals surface area contributed by atoms with Crippen molar-refractivity contribution in [3.8, 4) is 5.75 Å². The second-order valence-corrected chi connectivity index (χ2v) is 7.01. The van der Waals surface area contributed by atoms with Crippen LogP contribution in [0.5, 0.6) is 5.75 Å². The van der Waals surface area contributed by atoms with E-state index in [2.05, 4.69) is 10.6 Å². The number of amides is 1. The van der Waals surface area contributed by atoms with Crippen molar-refractivity contribution in [3.05, 3.63) is 30.3 Å².